The van der Waals surface area contributed by atoms with Crippen LogP contribution in [0.15, 0.2) is 18.2 Å². The lowest BCUT2D eigenvalue weighted by atomic mass is 10.1. The molecule has 1 aromatic carbocycles. The lowest BCUT2D eigenvalue weighted by Gasteiger charge is -2.16. The highest BCUT2D eigenvalue weighted by Gasteiger charge is 2.18. The van der Waals surface area contributed by atoms with Gasteiger partial charge in [0.05, 0.1) is 11.0 Å². The van der Waals surface area contributed by atoms with Crippen LogP contribution in [-0.2, 0) is 6.54 Å². The number of hydrogen-bond acceptors (Lipinski definition) is 4. The monoisotopic (exact) mass is 294 g/mol. The Kier molecular flexibility index (Phi) is 7.15. The molecule has 0 aliphatic carbocycles. The molecule has 1 rings (SSSR count). The van der Waals surface area contributed by atoms with Gasteiger partial charge in [0.1, 0.15) is 0 Å². The van der Waals surface area contributed by atoms with E-state index in [0.717, 1.165) is 24.9 Å². The number of ether oxygens (including phenoxy) is 1. The van der Waals surface area contributed by atoms with Gasteiger partial charge in [-0.3, -0.25) is 10.1 Å². The summed E-state index contributed by atoms with van der Waals surface area (Å²) in [5.41, 5.74) is 1.04. The average molecular weight is 294 g/mol. The van der Waals surface area contributed by atoms with Crippen LogP contribution in [0.2, 0.25) is 0 Å². The van der Waals surface area contributed by atoms with Gasteiger partial charge in [0.25, 0.3) is 0 Å². The molecule has 118 valence electrons. The van der Waals surface area contributed by atoms with Crippen molar-refractivity contribution in [1.29, 1.82) is 0 Å². The van der Waals surface area contributed by atoms with Crippen molar-refractivity contribution < 1.29 is 9.66 Å². The minimum absolute atomic E-state index is 0.0163. The number of nitrogens with one attached hydrogen (secondary N) is 1. The van der Waals surface area contributed by atoms with Crippen molar-refractivity contribution in [1.82, 2.24) is 5.32 Å². The van der Waals surface area contributed by atoms with Gasteiger partial charge in [-0.05, 0) is 36.9 Å². The minimum atomic E-state index is -0.386. The van der Waals surface area contributed by atoms with E-state index in [-0.39, 0.29) is 16.7 Å². The van der Waals surface area contributed by atoms with Crippen molar-refractivity contribution in [2.75, 3.05) is 6.54 Å². The Labute approximate surface area is 126 Å². The predicted molar refractivity (Wildman–Crippen MR) is 84.6 cm³/mol. The Balaban J connectivity index is 2.87. The van der Waals surface area contributed by atoms with Crippen LogP contribution in [0.4, 0.5) is 5.69 Å². The third-order valence-electron chi connectivity index (χ3n) is 3.31. The molecular formula is C16H26N2O3. The first-order valence-electron chi connectivity index (χ1n) is 7.62. The molecule has 0 heterocycles. The van der Waals surface area contributed by atoms with Crippen LogP contribution in [0.1, 0.15) is 46.1 Å². The van der Waals surface area contributed by atoms with Gasteiger partial charge in [-0.15, -0.1) is 0 Å². The first-order chi connectivity index (χ1) is 9.97. The largest absolute Gasteiger partial charge is 0.484 e. The van der Waals surface area contributed by atoms with E-state index in [9.17, 15) is 10.1 Å². The Hall–Kier alpha value is -1.62. The van der Waals surface area contributed by atoms with Crippen LogP contribution >= 0.6 is 0 Å². The van der Waals surface area contributed by atoms with Gasteiger partial charge in [0.2, 0.25) is 0 Å². The van der Waals surface area contributed by atoms with Crippen molar-refractivity contribution in [3.05, 3.63) is 33.9 Å². The maximum Gasteiger partial charge on any atom is 0.310 e. The summed E-state index contributed by atoms with van der Waals surface area (Å²) in [4.78, 5) is 10.7. The number of benzene rings is 1. The SMILES string of the molecule is CCC(CC)Oc1cc(CNCC(C)C)ccc1[N+](=O)[O-]. The minimum Gasteiger partial charge on any atom is -0.484 e. The highest BCUT2D eigenvalue weighted by Crippen LogP contribution is 2.29. The van der Waals surface area contributed by atoms with E-state index in [1.165, 1.54) is 6.07 Å². The quantitative estimate of drug-likeness (QED) is 0.554. The number of nitrogens with zero attached hydrogens (tertiary/aromatic N) is 1. The van der Waals surface area contributed by atoms with Crippen LogP contribution in [0, 0.1) is 16.0 Å². The van der Waals surface area contributed by atoms with Gasteiger partial charge >= 0.3 is 5.69 Å². The molecule has 5 nitrogen and oxygen atoms in total. The van der Waals surface area contributed by atoms with Crippen molar-refractivity contribution >= 4 is 5.69 Å². The molecule has 0 saturated carbocycles. The van der Waals surface area contributed by atoms with Crippen LogP contribution in [-0.4, -0.2) is 17.6 Å². The summed E-state index contributed by atoms with van der Waals surface area (Å²) in [6.07, 6.45) is 1.69. The summed E-state index contributed by atoms with van der Waals surface area (Å²) in [7, 11) is 0. The zero-order valence-electron chi connectivity index (χ0n) is 13.4. The molecule has 0 aromatic heterocycles. The summed E-state index contributed by atoms with van der Waals surface area (Å²) in [6, 6.07) is 5.10. The molecule has 0 saturated heterocycles. The van der Waals surface area contributed by atoms with Gasteiger partial charge in [0, 0.05) is 12.6 Å². The molecule has 1 aromatic rings. The zero-order chi connectivity index (χ0) is 15.8. The molecule has 5 heteroatoms. The summed E-state index contributed by atoms with van der Waals surface area (Å²) < 4.78 is 5.80. The van der Waals surface area contributed by atoms with Gasteiger partial charge in [-0.25, -0.2) is 0 Å². The summed E-state index contributed by atoms with van der Waals surface area (Å²) >= 11 is 0. The molecule has 0 aliphatic heterocycles. The second kappa shape index (κ2) is 8.62. The average Bonchev–Trinajstić information content (AvgIpc) is 2.44. The standard InChI is InChI=1S/C16H26N2O3/c1-5-14(6-2)21-16-9-13(11-17-10-12(3)4)7-8-15(16)18(19)20/h7-9,12,14,17H,5-6,10-11H2,1-4H3. The number of hydrogen-bond donors (Lipinski definition) is 1. The molecule has 1 N–H and O–H groups in total. The maximum atomic E-state index is 11.1. The molecule has 0 unspecified atom stereocenters. The van der Waals surface area contributed by atoms with Crippen molar-refractivity contribution in [3.63, 3.8) is 0 Å². The summed E-state index contributed by atoms with van der Waals surface area (Å²) in [5.74, 6) is 0.945. The smallest absolute Gasteiger partial charge is 0.310 e. The fraction of sp³-hybridized carbons (Fsp3) is 0.625. The highest BCUT2D eigenvalue weighted by atomic mass is 16.6. The molecule has 21 heavy (non-hydrogen) atoms. The highest BCUT2D eigenvalue weighted by molar-refractivity contribution is 5.48. The van der Waals surface area contributed by atoms with Crippen LogP contribution in [0.5, 0.6) is 5.75 Å². The third-order valence-corrected chi connectivity index (χ3v) is 3.31. The number of nitro groups is 1. The van der Waals surface area contributed by atoms with Crippen molar-refractivity contribution in [2.24, 2.45) is 5.92 Å². The van der Waals surface area contributed by atoms with Gasteiger partial charge < -0.3 is 10.1 Å². The van der Waals surface area contributed by atoms with Crippen LogP contribution < -0.4 is 10.1 Å². The van der Waals surface area contributed by atoms with E-state index < -0.39 is 0 Å². The second-order valence-corrected chi connectivity index (χ2v) is 5.64. The van der Waals surface area contributed by atoms with Crippen LogP contribution in [0.25, 0.3) is 0 Å². The summed E-state index contributed by atoms with van der Waals surface area (Å²) in [6.45, 7) is 9.94. The normalized spacial score (nSPS) is 11.1. The van der Waals surface area contributed by atoms with Gasteiger partial charge in [-0.1, -0.05) is 33.8 Å². The fourth-order valence-corrected chi connectivity index (χ4v) is 2.05. The Morgan fingerprint density at radius 3 is 2.48 bits per heavy atom. The van der Waals surface area contributed by atoms with E-state index in [4.69, 9.17) is 4.74 Å². The van der Waals surface area contributed by atoms with E-state index in [2.05, 4.69) is 19.2 Å². The Morgan fingerprint density at radius 2 is 1.95 bits per heavy atom. The zero-order valence-corrected chi connectivity index (χ0v) is 13.4. The van der Waals surface area contributed by atoms with E-state index >= 15 is 0 Å². The number of nitro benzene ring substituents is 1. The molecule has 0 aliphatic rings. The third kappa shape index (κ3) is 5.71. The van der Waals surface area contributed by atoms with Gasteiger partial charge in [-0.2, -0.15) is 0 Å². The topological polar surface area (TPSA) is 64.4 Å². The van der Waals surface area contributed by atoms with E-state index in [0.29, 0.717) is 18.2 Å². The van der Waals surface area contributed by atoms with E-state index in [1.807, 2.05) is 13.8 Å². The van der Waals surface area contributed by atoms with Crippen LogP contribution in [0.3, 0.4) is 0 Å². The Morgan fingerprint density at radius 1 is 1.29 bits per heavy atom. The molecule has 0 radical (unpaired) electrons. The molecule has 0 spiro atoms. The van der Waals surface area contributed by atoms with Crippen molar-refractivity contribution in [3.8, 4) is 5.75 Å². The van der Waals surface area contributed by atoms with Gasteiger partial charge in [0.15, 0.2) is 5.75 Å². The predicted octanol–water partition coefficient (Wildman–Crippen LogP) is 3.91. The lowest BCUT2D eigenvalue weighted by molar-refractivity contribution is -0.386. The Bertz CT molecular complexity index is 457. The second-order valence-electron chi connectivity index (χ2n) is 5.64. The first kappa shape index (κ1) is 17.4. The lowest BCUT2D eigenvalue weighted by Crippen LogP contribution is -2.19. The maximum absolute atomic E-state index is 11.1. The summed E-state index contributed by atoms with van der Waals surface area (Å²) in [5, 5.41) is 14.4. The van der Waals surface area contributed by atoms with E-state index in [1.54, 1.807) is 12.1 Å². The molecule has 0 bridgehead atoms. The first-order valence-corrected chi connectivity index (χ1v) is 7.62. The molecule has 0 atom stereocenters. The number of rotatable bonds is 9. The fourth-order valence-electron chi connectivity index (χ4n) is 2.05. The van der Waals surface area contributed by atoms with Crippen molar-refractivity contribution in [2.45, 2.75) is 53.2 Å². The molecular weight excluding hydrogens is 268 g/mol. The molecule has 0 amide bonds. The molecule has 0 fully saturated rings.